The highest BCUT2D eigenvalue weighted by Crippen LogP contribution is 2.46. The highest BCUT2D eigenvalue weighted by atomic mass is 16.8. The highest BCUT2D eigenvalue weighted by molar-refractivity contribution is 5.86. The molecule has 0 aliphatic carbocycles. The molecule has 0 spiro atoms. The fourth-order valence-corrected chi connectivity index (χ4v) is 3.73. The maximum atomic E-state index is 12.1. The number of β-lactam (4-membered cyclic amide) rings is 1. The van der Waals surface area contributed by atoms with Crippen molar-refractivity contribution in [3.8, 4) is 0 Å². The van der Waals surface area contributed by atoms with Gasteiger partial charge in [0.1, 0.15) is 30.5 Å². The van der Waals surface area contributed by atoms with Crippen LogP contribution in [0.5, 0.6) is 0 Å². The van der Waals surface area contributed by atoms with Crippen LogP contribution in [0.4, 0.5) is 0 Å². The summed E-state index contributed by atoms with van der Waals surface area (Å²) in [4.78, 5) is 13.8. The van der Waals surface area contributed by atoms with Gasteiger partial charge in [0.15, 0.2) is 12.1 Å². The van der Waals surface area contributed by atoms with E-state index in [0.29, 0.717) is 6.54 Å². The van der Waals surface area contributed by atoms with Crippen LogP contribution in [-0.2, 0) is 23.7 Å². The van der Waals surface area contributed by atoms with Crippen LogP contribution in [0.3, 0.4) is 0 Å². The topological polar surface area (TPSA) is 77.5 Å². The van der Waals surface area contributed by atoms with Gasteiger partial charge in [0, 0.05) is 0 Å². The smallest absolute Gasteiger partial charge is 0.235 e. The molecular formula is C14H21NO6. The van der Waals surface area contributed by atoms with E-state index in [1.54, 1.807) is 18.7 Å². The maximum absolute atomic E-state index is 12.1. The molecule has 0 radical (unpaired) electrons. The number of fused-ring (bicyclic) bond motifs is 4. The van der Waals surface area contributed by atoms with Crippen LogP contribution in [0.25, 0.3) is 0 Å². The highest BCUT2D eigenvalue weighted by Gasteiger charge is 2.65. The first kappa shape index (κ1) is 13.9. The molecule has 1 N–H and O–H groups in total. The second kappa shape index (κ2) is 3.97. The third-order valence-electron chi connectivity index (χ3n) is 4.66. The number of hydrogen-bond acceptors (Lipinski definition) is 6. The number of aliphatic hydroxyl groups is 1. The van der Waals surface area contributed by atoms with Crippen molar-refractivity contribution in [3.63, 3.8) is 0 Å². The summed E-state index contributed by atoms with van der Waals surface area (Å²) >= 11 is 0. The lowest BCUT2D eigenvalue weighted by atomic mass is 9.80. The summed E-state index contributed by atoms with van der Waals surface area (Å²) in [7, 11) is 0. The van der Waals surface area contributed by atoms with Gasteiger partial charge in [-0.3, -0.25) is 4.79 Å². The summed E-state index contributed by atoms with van der Waals surface area (Å²) in [5, 5.41) is 10.1. The quantitative estimate of drug-likeness (QED) is 0.677. The molecule has 7 heteroatoms. The van der Waals surface area contributed by atoms with E-state index in [2.05, 4.69) is 0 Å². The Balaban J connectivity index is 1.54. The van der Waals surface area contributed by atoms with E-state index in [9.17, 15) is 9.90 Å². The average molecular weight is 299 g/mol. The Bertz CT molecular complexity index is 486. The molecule has 6 atom stereocenters. The lowest BCUT2D eigenvalue weighted by Crippen LogP contribution is -2.73. The van der Waals surface area contributed by atoms with Crippen molar-refractivity contribution >= 4 is 5.91 Å². The fraction of sp³-hybridized carbons (Fsp3) is 0.929. The second-order valence-electron chi connectivity index (χ2n) is 7.26. The molecule has 4 heterocycles. The van der Waals surface area contributed by atoms with Crippen molar-refractivity contribution in [3.05, 3.63) is 0 Å². The lowest BCUT2D eigenvalue weighted by molar-refractivity contribution is -0.285. The summed E-state index contributed by atoms with van der Waals surface area (Å²) in [5.74, 6) is -1.31. The van der Waals surface area contributed by atoms with Gasteiger partial charge in [0.2, 0.25) is 5.91 Å². The van der Waals surface area contributed by atoms with Gasteiger partial charge in [0.25, 0.3) is 0 Å². The zero-order chi connectivity index (χ0) is 15.2. The number of amides is 1. The van der Waals surface area contributed by atoms with E-state index in [-0.39, 0.29) is 24.2 Å². The molecule has 4 fully saturated rings. The molecule has 4 aliphatic rings. The summed E-state index contributed by atoms with van der Waals surface area (Å²) < 4.78 is 23.4. The van der Waals surface area contributed by atoms with Gasteiger partial charge in [-0.2, -0.15) is 0 Å². The second-order valence-corrected chi connectivity index (χ2v) is 7.26. The minimum atomic E-state index is -1.10. The molecule has 0 aromatic rings. The molecule has 0 unspecified atom stereocenters. The van der Waals surface area contributed by atoms with Gasteiger partial charge < -0.3 is 29.0 Å². The normalized spacial score (nSPS) is 47.7. The number of hydrogen-bond donors (Lipinski definition) is 1. The Morgan fingerprint density at radius 3 is 2.62 bits per heavy atom. The zero-order valence-electron chi connectivity index (χ0n) is 12.6. The van der Waals surface area contributed by atoms with Crippen LogP contribution >= 0.6 is 0 Å². The Morgan fingerprint density at radius 1 is 1.24 bits per heavy atom. The Morgan fingerprint density at radius 2 is 1.95 bits per heavy atom. The Labute approximate surface area is 123 Å². The fourth-order valence-electron chi connectivity index (χ4n) is 3.73. The average Bonchev–Trinajstić information content (AvgIpc) is 2.77. The van der Waals surface area contributed by atoms with Crippen LogP contribution in [0.2, 0.25) is 0 Å². The Kier molecular flexibility index (Phi) is 2.63. The van der Waals surface area contributed by atoms with Gasteiger partial charge >= 0.3 is 0 Å². The first-order valence-electron chi connectivity index (χ1n) is 7.37. The molecule has 4 rings (SSSR count). The predicted molar refractivity (Wildman–Crippen MR) is 68.9 cm³/mol. The maximum Gasteiger partial charge on any atom is 0.235 e. The molecule has 0 aromatic heterocycles. The Hall–Kier alpha value is -0.730. The molecule has 7 nitrogen and oxygen atoms in total. The monoisotopic (exact) mass is 299 g/mol. The van der Waals surface area contributed by atoms with Crippen molar-refractivity contribution in [2.24, 2.45) is 5.92 Å². The molecule has 118 valence electrons. The van der Waals surface area contributed by atoms with Gasteiger partial charge in [-0.05, 0) is 27.7 Å². The van der Waals surface area contributed by atoms with Gasteiger partial charge in [-0.15, -0.1) is 0 Å². The number of carbonyl (C=O) groups excluding carboxylic acids is 1. The number of carbonyl (C=O) groups is 1. The van der Waals surface area contributed by atoms with Crippen molar-refractivity contribution in [2.75, 3.05) is 6.54 Å². The van der Waals surface area contributed by atoms with E-state index in [0.717, 1.165) is 0 Å². The van der Waals surface area contributed by atoms with Gasteiger partial charge in [0.05, 0.1) is 12.1 Å². The SMILES string of the molecule is CC1(C)O[C@H]2O[C@@H]3CN4C(=O)[C@@H](C(C)(C)O)[C@H]4O[C@@H]3[C@H]2O1. The number of ether oxygens (including phenoxy) is 4. The van der Waals surface area contributed by atoms with Crippen molar-refractivity contribution < 1.29 is 28.8 Å². The summed E-state index contributed by atoms with van der Waals surface area (Å²) in [6.07, 6.45) is -1.65. The van der Waals surface area contributed by atoms with Crippen LogP contribution < -0.4 is 0 Å². The van der Waals surface area contributed by atoms with E-state index in [1.165, 1.54) is 0 Å². The number of nitrogens with zero attached hydrogens (tertiary/aromatic N) is 1. The first-order chi connectivity index (χ1) is 9.67. The summed E-state index contributed by atoms with van der Waals surface area (Å²) in [6.45, 7) is 7.40. The lowest BCUT2D eigenvalue weighted by Gasteiger charge is -2.55. The molecule has 0 aromatic carbocycles. The van der Waals surface area contributed by atoms with E-state index in [4.69, 9.17) is 18.9 Å². The van der Waals surface area contributed by atoms with Crippen molar-refractivity contribution in [1.82, 2.24) is 4.90 Å². The van der Waals surface area contributed by atoms with Crippen LogP contribution in [0, 0.1) is 5.92 Å². The molecule has 4 saturated heterocycles. The van der Waals surface area contributed by atoms with Gasteiger partial charge in [-0.25, -0.2) is 0 Å². The first-order valence-corrected chi connectivity index (χ1v) is 7.37. The molecule has 4 aliphatic heterocycles. The third kappa shape index (κ3) is 1.88. The molecule has 1 amide bonds. The largest absolute Gasteiger partial charge is 0.389 e. The number of rotatable bonds is 1. The van der Waals surface area contributed by atoms with Crippen molar-refractivity contribution in [1.29, 1.82) is 0 Å². The van der Waals surface area contributed by atoms with Crippen LogP contribution in [0.1, 0.15) is 27.7 Å². The summed E-state index contributed by atoms with van der Waals surface area (Å²) in [6, 6.07) is 0. The van der Waals surface area contributed by atoms with E-state index >= 15 is 0 Å². The molecular weight excluding hydrogens is 278 g/mol. The predicted octanol–water partition coefficient (Wildman–Crippen LogP) is -0.183. The third-order valence-corrected chi connectivity index (χ3v) is 4.66. The summed E-state index contributed by atoms with van der Waals surface area (Å²) in [5.41, 5.74) is -1.10. The molecule has 0 saturated carbocycles. The van der Waals surface area contributed by atoms with Crippen LogP contribution in [0.15, 0.2) is 0 Å². The molecule has 21 heavy (non-hydrogen) atoms. The van der Waals surface area contributed by atoms with E-state index in [1.807, 2.05) is 13.8 Å². The standard InChI is InChI=1S/C14H21NO6/c1-13(2,17)7-10(16)15-5-6-8(19-11(7)15)9-12(18-6)21-14(3,4)20-9/h6-9,11-12,17H,5H2,1-4H3/t6-,7-,8+,9-,11-,12-/m1/s1. The van der Waals surface area contributed by atoms with E-state index < -0.39 is 29.8 Å². The minimum Gasteiger partial charge on any atom is -0.389 e. The molecule has 0 bridgehead atoms. The zero-order valence-corrected chi connectivity index (χ0v) is 12.6. The van der Waals surface area contributed by atoms with Crippen LogP contribution in [-0.4, -0.2) is 64.7 Å². The van der Waals surface area contributed by atoms with Gasteiger partial charge in [-0.1, -0.05) is 0 Å². The van der Waals surface area contributed by atoms with Crippen molar-refractivity contribution in [2.45, 2.75) is 69.9 Å². The minimum absolute atomic E-state index is 0.0891.